The SMILES string of the molecule is O=C(c1ccc2c(c1)OCO2)N1CCN(c2nc(-c3ccncc3)nc3ccccc23)CC1. The van der Waals surface area contributed by atoms with E-state index >= 15 is 0 Å². The minimum absolute atomic E-state index is 0.00188. The van der Waals surface area contributed by atoms with Crippen LogP contribution in [-0.4, -0.2) is 58.7 Å². The van der Waals surface area contributed by atoms with Crippen molar-refractivity contribution in [3.8, 4) is 22.9 Å². The molecule has 0 radical (unpaired) electrons. The number of rotatable bonds is 3. The van der Waals surface area contributed by atoms with Crippen molar-refractivity contribution in [3.63, 3.8) is 0 Å². The third kappa shape index (κ3) is 3.59. The van der Waals surface area contributed by atoms with Gasteiger partial charge in [0.2, 0.25) is 6.79 Å². The molecular formula is C25H21N5O3. The fraction of sp³-hybridized carbons (Fsp3) is 0.200. The summed E-state index contributed by atoms with van der Waals surface area (Å²) in [4.78, 5) is 31.0. The Bertz CT molecular complexity index is 1340. The van der Waals surface area contributed by atoms with E-state index in [0.29, 0.717) is 49.1 Å². The average Bonchev–Trinajstić information content (AvgIpc) is 3.36. The lowest BCUT2D eigenvalue weighted by atomic mass is 10.1. The van der Waals surface area contributed by atoms with E-state index < -0.39 is 0 Å². The number of anilines is 1. The standard InChI is InChI=1S/C25H21N5O3/c31-25(18-5-6-21-22(15-18)33-16-32-21)30-13-11-29(12-14-30)24-19-3-1-2-4-20(19)27-23(28-24)17-7-9-26-10-8-17/h1-10,15H,11-14,16H2. The van der Waals surface area contributed by atoms with Crippen LogP contribution in [0, 0.1) is 0 Å². The van der Waals surface area contributed by atoms with E-state index in [1.807, 2.05) is 41.3 Å². The number of pyridine rings is 1. The van der Waals surface area contributed by atoms with E-state index in [2.05, 4.69) is 9.88 Å². The van der Waals surface area contributed by atoms with Crippen molar-refractivity contribution in [2.24, 2.45) is 0 Å². The summed E-state index contributed by atoms with van der Waals surface area (Å²) in [7, 11) is 0. The number of hydrogen-bond acceptors (Lipinski definition) is 7. The highest BCUT2D eigenvalue weighted by Crippen LogP contribution is 2.33. The van der Waals surface area contributed by atoms with Gasteiger partial charge >= 0.3 is 0 Å². The largest absolute Gasteiger partial charge is 0.454 e. The molecule has 2 aromatic carbocycles. The van der Waals surface area contributed by atoms with Crippen molar-refractivity contribution in [1.82, 2.24) is 19.9 Å². The molecule has 0 unspecified atom stereocenters. The first-order valence-electron chi connectivity index (χ1n) is 10.9. The smallest absolute Gasteiger partial charge is 0.254 e. The Kier molecular flexibility index (Phi) is 4.75. The van der Waals surface area contributed by atoms with Crippen molar-refractivity contribution in [2.45, 2.75) is 0 Å². The lowest BCUT2D eigenvalue weighted by Gasteiger charge is -2.36. The zero-order valence-corrected chi connectivity index (χ0v) is 17.8. The zero-order valence-electron chi connectivity index (χ0n) is 17.8. The number of para-hydroxylation sites is 1. The van der Waals surface area contributed by atoms with Crippen molar-refractivity contribution in [3.05, 3.63) is 72.6 Å². The minimum atomic E-state index is -0.00188. The molecule has 8 nitrogen and oxygen atoms in total. The van der Waals surface area contributed by atoms with Gasteiger partial charge in [0.1, 0.15) is 5.82 Å². The van der Waals surface area contributed by atoms with Gasteiger partial charge in [-0.05, 0) is 42.5 Å². The van der Waals surface area contributed by atoms with Crippen LogP contribution in [-0.2, 0) is 0 Å². The van der Waals surface area contributed by atoms with E-state index in [0.717, 1.165) is 22.3 Å². The molecule has 6 rings (SSSR count). The predicted octanol–water partition coefficient (Wildman–Crippen LogP) is 3.38. The number of ether oxygens (including phenoxy) is 2. The normalized spacial score (nSPS) is 15.2. The summed E-state index contributed by atoms with van der Waals surface area (Å²) < 4.78 is 10.8. The van der Waals surface area contributed by atoms with Crippen LogP contribution in [0.5, 0.6) is 11.5 Å². The summed E-state index contributed by atoms with van der Waals surface area (Å²) in [6, 6.07) is 17.2. The van der Waals surface area contributed by atoms with Gasteiger partial charge in [0, 0.05) is 55.1 Å². The van der Waals surface area contributed by atoms with Gasteiger partial charge in [-0.25, -0.2) is 9.97 Å². The molecule has 4 heterocycles. The Balaban J connectivity index is 1.25. The van der Waals surface area contributed by atoms with Crippen molar-refractivity contribution >= 4 is 22.6 Å². The number of fused-ring (bicyclic) bond motifs is 2. The molecule has 2 aromatic heterocycles. The van der Waals surface area contributed by atoms with E-state index in [1.54, 1.807) is 30.6 Å². The Morgan fingerprint density at radius 2 is 1.64 bits per heavy atom. The van der Waals surface area contributed by atoms with Gasteiger partial charge in [-0.15, -0.1) is 0 Å². The lowest BCUT2D eigenvalue weighted by molar-refractivity contribution is 0.0746. The molecule has 0 atom stereocenters. The summed E-state index contributed by atoms with van der Waals surface area (Å²) in [6.45, 7) is 2.78. The third-order valence-corrected chi connectivity index (χ3v) is 6.01. The van der Waals surface area contributed by atoms with Gasteiger partial charge < -0.3 is 19.3 Å². The van der Waals surface area contributed by atoms with Crippen LogP contribution in [0.25, 0.3) is 22.3 Å². The van der Waals surface area contributed by atoms with Crippen LogP contribution in [0.15, 0.2) is 67.0 Å². The minimum Gasteiger partial charge on any atom is -0.454 e. The topological polar surface area (TPSA) is 80.7 Å². The molecular weight excluding hydrogens is 418 g/mol. The predicted molar refractivity (Wildman–Crippen MR) is 123 cm³/mol. The third-order valence-electron chi connectivity index (χ3n) is 6.01. The fourth-order valence-corrected chi connectivity index (χ4v) is 4.26. The lowest BCUT2D eigenvalue weighted by Crippen LogP contribution is -2.49. The van der Waals surface area contributed by atoms with E-state index in [4.69, 9.17) is 19.4 Å². The summed E-state index contributed by atoms with van der Waals surface area (Å²) in [5.41, 5.74) is 2.43. The number of piperazine rings is 1. The van der Waals surface area contributed by atoms with Gasteiger partial charge in [0.25, 0.3) is 5.91 Å². The summed E-state index contributed by atoms with van der Waals surface area (Å²) in [5.74, 6) is 2.86. The molecule has 0 bridgehead atoms. The van der Waals surface area contributed by atoms with Crippen LogP contribution in [0.3, 0.4) is 0 Å². The number of nitrogens with zero attached hydrogens (tertiary/aromatic N) is 5. The molecule has 0 N–H and O–H groups in total. The number of amides is 1. The van der Waals surface area contributed by atoms with E-state index in [-0.39, 0.29) is 12.7 Å². The maximum atomic E-state index is 13.1. The molecule has 1 amide bonds. The van der Waals surface area contributed by atoms with Gasteiger partial charge in [0.15, 0.2) is 17.3 Å². The monoisotopic (exact) mass is 439 g/mol. The number of carbonyl (C=O) groups is 1. The summed E-state index contributed by atoms with van der Waals surface area (Å²) in [6.07, 6.45) is 3.49. The van der Waals surface area contributed by atoms with Crippen LogP contribution < -0.4 is 14.4 Å². The van der Waals surface area contributed by atoms with E-state index in [1.165, 1.54) is 0 Å². The summed E-state index contributed by atoms with van der Waals surface area (Å²) in [5, 5.41) is 1.01. The van der Waals surface area contributed by atoms with Crippen LogP contribution >= 0.6 is 0 Å². The molecule has 0 saturated carbocycles. The molecule has 4 aromatic rings. The number of hydrogen-bond donors (Lipinski definition) is 0. The maximum Gasteiger partial charge on any atom is 0.254 e. The quantitative estimate of drug-likeness (QED) is 0.484. The second kappa shape index (κ2) is 8.05. The van der Waals surface area contributed by atoms with Gasteiger partial charge in [-0.1, -0.05) is 12.1 Å². The molecule has 1 saturated heterocycles. The van der Waals surface area contributed by atoms with Crippen molar-refractivity contribution in [2.75, 3.05) is 37.9 Å². The van der Waals surface area contributed by atoms with Crippen molar-refractivity contribution < 1.29 is 14.3 Å². The second-order valence-corrected chi connectivity index (χ2v) is 7.97. The Labute approximate surface area is 190 Å². The number of carbonyl (C=O) groups excluding carboxylic acids is 1. The molecule has 0 spiro atoms. The van der Waals surface area contributed by atoms with Gasteiger partial charge in [0.05, 0.1) is 5.52 Å². The van der Waals surface area contributed by atoms with Crippen LogP contribution in [0.4, 0.5) is 5.82 Å². The molecule has 2 aliphatic heterocycles. The first kappa shape index (κ1) is 19.5. The molecule has 164 valence electrons. The first-order chi connectivity index (χ1) is 16.3. The maximum absolute atomic E-state index is 13.1. The Hall–Kier alpha value is -4.20. The number of aromatic nitrogens is 3. The highest BCUT2D eigenvalue weighted by atomic mass is 16.7. The Morgan fingerprint density at radius 3 is 2.48 bits per heavy atom. The number of benzene rings is 2. The second-order valence-electron chi connectivity index (χ2n) is 7.97. The van der Waals surface area contributed by atoms with Crippen molar-refractivity contribution in [1.29, 1.82) is 0 Å². The summed E-state index contributed by atoms with van der Waals surface area (Å²) >= 11 is 0. The Morgan fingerprint density at radius 1 is 0.848 bits per heavy atom. The van der Waals surface area contributed by atoms with Gasteiger partial charge in [-0.3, -0.25) is 9.78 Å². The molecule has 33 heavy (non-hydrogen) atoms. The molecule has 8 heteroatoms. The molecule has 0 aliphatic carbocycles. The molecule has 1 fully saturated rings. The van der Waals surface area contributed by atoms with Crippen LogP contribution in [0.1, 0.15) is 10.4 Å². The van der Waals surface area contributed by atoms with Crippen LogP contribution in [0.2, 0.25) is 0 Å². The average molecular weight is 439 g/mol. The first-order valence-corrected chi connectivity index (χ1v) is 10.9. The highest BCUT2D eigenvalue weighted by Gasteiger charge is 2.26. The van der Waals surface area contributed by atoms with Gasteiger partial charge in [-0.2, -0.15) is 0 Å². The fourth-order valence-electron chi connectivity index (χ4n) is 4.26. The molecule has 2 aliphatic rings. The highest BCUT2D eigenvalue weighted by molar-refractivity contribution is 5.95. The zero-order chi connectivity index (χ0) is 22.2. The van der Waals surface area contributed by atoms with E-state index in [9.17, 15) is 4.79 Å².